The van der Waals surface area contributed by atoms with Gasteiger partial charge in [0.2, 0.25) is 0 Å². The number of hydrogen-bond donors (Lipinski definition) is 1. The van der Waals surface area contributed by atoms with Gasteiger partial charge in [-0.1, -0.05) is 6.07 Å². The zero-order valence-electron chi connectivity index (χ0n) is 12.2. The molecule has 2 aliphatic heterocycles. The molecule has 0 saturated carbocycles. The molecule has 0 amide bonds. The minimum absolute atomic E-state index is 0.822. The van der Waals surface area contributed by atoms with Gasteiger partial charge in [0.1, 0.15) is 0 Å². The lowest BCUT2D eigenvalue weighted by Gasteiger charge is -2.29. The molecule has 0 spiro atoms. The molecule has 2 heterocycles. The van der Waals surface area contributed by atoms with E-state index in [-0.39, 0.29) is 0 Å². The van der Waals surface area contributed by atoms with Crippen molar-refractivity contribution in [3.63, 3.8) is 0 Å². The molecule has 2 aliphatic rings. The van der Waals surface area contributed by atoms with Crippen LogP contribution in [0.4, 0.5) is 11.4 Å². The predicted octanol–water partition coefficient (Wildman–Crippen LogP) is 2.43. The Bertz CT molecular complexity index is 444. The largest absolute Gasteiger partial charge is 0.385 e. The maximum atomic E-state index is 3.52. The summed E-state index contributed by atoms with van der Waals surface area (Å²) in [7, 11) is 4.48. The summed E-state index contributed by atoms with van der Waals surface area (Å²) in [4.78, 5) is 4.91. The lowest BCUT2D eigenvalue weighted by atomic mass is 10.00. The van der Waals surface area contributed by atoms with Crippen LogP contribution in [0.3, 0.4) is 0 Å². The van der Waals surface area contributed by atoms with Crippen LogP contribution in [0, 0.1) is 5.92 Å². The van der Waals surface area contributed by atoms with E-state index in [2.05, 4.69) is 47.4 Å². The molecule has 1 saturated heterocycles. The van der Waals surface area contributed by atoms with Crippen LogP contribution in [0.1, 0.15) is 18.4 Å². The molecule has 0 aromatic heterocycles. The van der Waals surface area contributed by atoms with E-state index >= 15 is 0 Å². The molecule has 1 aromatic carbocycles. The molecule has 1 unspecified atom stereocenters. The highest BCUT2D eigenvalue weighted by atomic mass is 15.2. The standard InChI is InChI=1S/C16H25N3/c1-18-10-8-13(11-18)12-19(2)16-7-3-6-15-14(16)5-4-9-17-15/h3,6-7,13,17H,4-5,8-12H2,1-2H3. The zero-order valence-corrected chi connectivity index (χ0v) is 12.2. The lowest BCUT2D eigenvalue weighted by Crippen LogP contribution is -2.28. The van der Waals surface area contributed by atoms with Gasteiger partial charge in [0.25, 0.3) is 0 Å². The molecular formula is C16H25N3. The van der Waals surface area contributed by atoms with E-state index in [9.17, 15) is 0 Å². The zero-order chi connectivity index (χ0) is 13.2. The molecule has 1 aromatic rings. The first kappa shape index (κ1) is 12.8. The minimum Gasteiger partial charge on any atom is -0.385 e. The van der Waals surface area contributed by atoms with Gasteiger partial charge in [0.05, 0.1) is 0 Å². The second kappa shape index (κ2) is 5.41. The van der Waals surface area contributed by atoms with Crippen LogP contribution in [-0.4, -0.2) is 45.2 Å². The van der Waals surface area contributed by atoms with Crippen molar-refractivity contribution in [2.45, 2.75) is 19.3 Å². The van der Waals surface area contributed by atoms with Crippen molar-refractivity contribution in [1.29, 1.82) is 0 Å². The molecule has 104 valence electrons. The first-order valence-electron chi connectivity index (χ1n) is 7.49. The SMILES string of the molecule is CN1CCC(CN(C)c2cccc3c2CCCN3)C1. The minimum atomic E-state index is 0.822. The van der Waals surface area contributed by atoms with E-state index in [1.165, 1.54) is 55.8 Å². The van der Waals surface area contributed by atoms with Crippen molar-refractivity contribution in [2.24, 2.45) is 5.92 Å². The van der Waals surface area contributed by atoms with Gasteiger partial charge in [-0.3, -0.25) is 0 Å². The third kappa shape index (κ3) is 2.71. The topological polar surface area (TPSA) is 18.5 Å². The summed E-state index contributed by atoms with van der Waals surface area (Å²) in [6, 6.07) is 6.68. The molecule has 1 N–H and O–H groups in total. The monoisotopic (exact) mass is 259 g/mol. The van der Waals surface area contributed by atoms with E-state index in [4.69, 9.17) is 0 Å². The van der Waals surface area contributed by atoms with E-state index in [1.54, 1.807) is 0 Å². The van der Waals surface area contributed by atoms with Crippen LogP contribution in [-0.2, 0) is 6.42 Å². The molecule has 1 atom stereocenters. The highest BCUT2D eigenvalue weighted by molar-refractivity contribution is 5.67. The Morgan fingerprint density at radius 1 is 1.42 bits per heavy atom. The van der Waals surface area contributed by atoms with Crippen LogP contribution < -0.4 is 10.2 Å². The Morgan fingerprint density at radius 3 is 3.11 bits per heavy atom. The van der Waals surface area contributed by atoms with Gasteiger partial charge in [-0.2, -0.15) is 0 Å². The van der Waals surface area contributed by atoms with Gasteiger partial charge >= 0.3 is 0 Å². The van der Waals surface area contributed by atoms with Gasteiger partial charge in [-0.15, -0.1) is 0 Å². The Balaban J connectivity index is 1.74. The second-order valence-electron chi connectivity index (χ2n) is 6.13. The smallest absolute Gasteiger partial charge is 0.0417 e. The first-order chi connectivity index (χ1) is 9.24. The van der Waals surface area contributed by atoms with Gasteiger partial charge in [-0.25, -0.2) is 0 Å². The van der Waals surface area contributed by atoms with Crippen molar-refractivity contribution in [3.05, 3.63) is 23.8 Å². The van der Waals surface area contributed by atoms with Crippen molar-refractivity contribution >= 4 is 11.4 Å². The molecule has 0 aliphatic carbocycles. The summed E-state index contributed by atoms with van der Waals surface area (Å²) in [5, 5.41) is 3.52. The summed E-state index contributed by atoms with van der Waals surface area (Å²) in [6.07, 6.45) is 3.81. The third-order valence-corrected chi connectivity index (χ3v) is 4.50. The number of hydrogen-bond acceptors (Lipinski definition) is 3. The third-order valence-electron chi connectivity index (χ3n) is 4.50. The van der Waals surface area contributed by atoms with Gasteiger partial charge in [0, 0.05) is 38.1 Å². The second-order valence-corrected chi connectivity index (χ2v) is 6.13. The number of nitrogens with zero attached hydrogens (tertiary/aromatic N) is 2. The van der Waals surface area contributed by atoms with E-state index in [0.717, 1.165) is 12.5 Å². The molecule has 3 nitrogen and oxygen atoms in total. The summed E-state index contributed by atoms with van der Waals surface area (Å²) in [6.45, 7) is 4.80. The molecule has 0 radical (unpaired) electrons. The fourth-order valence-corrected chi connectivity index (χ4v) is 3.51. The number of anilines is 2. The fraction of sp³-hybridized carbons (Fsp3) is 0.625. The van der Waals surface area contributed by atoms with E-state index < -0.39 is 0 Å². The normalized spacial score (nSPS) is 22.9. The molecule has 1 fully saturated rings. The lowest BCUT2D eigenvalue weighted by molar-refractivity contribution is 0.396. The van der Waals surface area contributed by atoms with Gasteiger partial charge < -0.3 is 15.1 Å². The Hall–Kier alpha value is -1.22. The summed E-state index contributed by atoms with van der Waals surface area (Å²) in [5.41, 5.74) is 4.29. The Labute approximate surface area is 116 Å². The molecular weight excluding hydrogens is 234 g/mol. The molecule has 3 heteroatoms. The van der Waals surface area contributed by atoms with Crippen LogP contribution in [0.15, 0.2) is 18.2 Å². The van der Waals surface area contributed by atoms with Crippen LogP contribution in [0.2, 0.25) is 0 Å². The van der Waals surface area contributed by atoms with Gasteiger partial charge in [-0.05, 0) is 56.5 Å². The van der Waals surface area contributed by atoms with Crippen molar-refractivity contribution in [3.8, 4) is 0 Å². The van der Waals surface area contributed by atoms with E-state index in [1.807, 2.05) is 0 Å². The average Bonchev–Trinajstić information content (AvgIpc) is 2.83. The van der Waals surface area contributed by atoms with Crippen LogP contribution in [0.25, 0.3) is 0 Å². The number of likely N-dealkylation sites (tertiary alicyclic amines) is 1. The maximum Gasteiger partial charge on any atom is 0.0417 e. The average molecular weight is 259 g/mol. The number of fused-ring (bicyclic) bond motifs is 1. The molecule has 0 bridgehead atoms. The van der Waals surface area contributed by atoms with Crippen LogP contribution in [0.5, 0.6) is 0 Å². The molecule has 19 heavy (non-hydrogen) atoms. The van der Waals surface area contributed by atoms with Gasteiger partial charge in [0.15, 0.2) is 0 Å². The van der Waals surface area contributed by atoms with Crippen molar-refractivity contribution in [2.75, 3.05) is 50.5 Å². The maximum absolute atomic E-state index is 3.52. The predicted molar refractivity (Wildman–Crippen MR) is 82.1 cm³/mol. The number of nitrogens with one attached hydrogen (secondary N) is 1. The Kier molecular flexibility index (Phi) is 3.65. The van der Waals surface area contributed by atoms with Crippen molar-refractivity contribution in [1.82, 2.24) is 4.90 Å². The van der Waals surface area contributed by atoms with Crippen molar-refractivity contribution < 1.29 is 0 Å². The van der Waals surface area contributed by atoms with Crippen LogP contribution >= 0.6 is 0 Å². The Morgan fingerprint density at radius 2 is 2.32 bits per heavy atom. The summed E-state index contributed by atoms with van der Waals surface area (Å²) in [5.74, 6) is 0.822. The molecule has 3 rings (SSSR count). The number of rotatable bonds is 3. The number of benzene rings is 1. The highest BCUT2D eigenvalue weighted by Crippen LogP contribution is 2.31. The summed E-state index contributed by atoms with van der Waals surface area (Å²) >= 11 is 0. The van der Waals surface area contributed by atoms with E-state index in [0.29, 0.717) is 0 Å². The summed E-state index contributed by atoms with van der Waals surface area (Å²) < 4.78 is 0. The quantitative estimate of drug-likeness (QED) is 0.899. The highest BCUT2D eigenvalue weighted by Gasteiger charge is 2.22. The fourth-order valence-electron chi connectivity index (χ4n) is 3.51. The first-order valence-corrected chi connectivity index (χ1v) is 7.49.